The van der Waals surface area contributed by atoms with Crippen molar-refractivity contribution in [1.29, 1.82) is 0 Å². The quantitative estimate of drug-likeness (QED) is 0.427. The highest BCUT2D eigenvalue weighted by atomic mass is 28.3. The predicted octanol–water partition coefficient (Wildman–Crippen LogP) is 5.85. The number of unbranched alkanes of at least 4 members (excludes halogenated alkanes) is 2. The molecule has 0 radical (unpaired) electrons. The Hall–Kier alpha value is -1.00. The molecule has 1 nitrogen and oxygen atoms in total. The Labute approximate surface area is 140 Å². The summed E-state index contributed by atoms with van der Waals surface area (Å²) in [4.78, 5) is 0. The Kier molecular flexibility index (Phi) is 7.96. The van der Waals surface area contributed by atoms with Crippen molar-refractivity contribution in [3.63, 3.8) is 0 Å². The third kappa shape index (κ3) is 5.85. The maximum Gasteiger partial charge on any atom is 0.158 e. The number of halogens is 2. The van der Waals surface area contributed by atoms with Crippen LogP contribution in [0.2, 0.25) is 18.1 Å². The van der Waals surface area contributed by atoms with Gasteiger partial charge in [0.25, 0.3) is 0 Å². The van der Waals surface area contributed by atoms with Crippen LogP contribution in [0.3, 0.4) is 0 Å². The second-order valence-corrected chi connectivity index (χ2v) is 10.1. The molecule has 0 unspecified atom stereocenters. The molecule has 1 heterocycles. The summed E-state index contributed by atoms with van der Waals surface area (Å²) < 4.78 is 30.5. The summed E-state index contributed by atoms with van der Waals surface area (Å²) in [5, 5.41) is 0. The third-order valence-electron chi connectivity index (χ3n) is 5.06. The van der Waals surface area contributed by atoms with Crippen LogP contribution >= 0.6 is 0 Å². The van der Waals surface area contributed by atoms with Crippen molar-refractivity contribution in [2.75, 3.05) is 13.7 Å². The number of hydrogen-bond donors (Lipinski definition) is 0. The van der Waals surface area contributed by atoms with Gasteiger partial charge < -0.3 is 4.74 Å². The Morgan fingerprint density at radius 1 is 1.17 bits per heavy atom. The van der Waals surface area contributed by atoms with Gasteiger partial charge in [0.1, 0.15) is 6.33 Å². The van der Waals surface area contributed by atoms with E-state index in [9.17, 15) is 8.78 Å². The molecule has 0 aliphatic carbocycles. The van der Waals surface area contributed by atoms with Crippen LogP contribution in [0.5, 0.6) is 0 Å². The zero-order valence-electron chi connectivity index (χ0n) is 14.1. The largest absolute Gasteiger partial charge is 0.385 e. The summed E-state index contributed by atoms with van der Waals surface area (Å²) in [5.41, 5.74) is 1.61. The minimum absolute atomic E-state index is 0.0262. The van der Waals surface area contributed by atoms with Gasteiger partial charge in [-0.3, -0.25) is 0 Å². The van der Waals surface area contributed by atoms with Crippen molar-refractivity contribution in [3.8, 4) is 0 Å². The highest BCUT2D eigenvalue weighted by molar-refractivity contribution is 6.59. The van der Waals surface area contributed by atoms with E-state index >= 15 is 0 Å². The van der Waals surface area contributed by atoms with Gasteiger partial charge in [-0.05, 0) is 30.7 Å². The molecule has 1 aliphatic heterocycles. The van der Waals surface area contributed by atoms with Crippen LogP contribution in [0.25, 0.3) is 5.83 Å². The molecule has 1 saturated heterocycles. The van der Waals surface area contributed by atoms with Crippen LogP contribution in [-0.4, -0.2) is 22.5 Å². The second-order valence-electron chi connectivity index (χ2n) is 6.64. The first-order valence-electron chi connectivity index (χ1n) is 8.79. The smallest absolute Gasteiger partial charge is 0.158 e. The average molecular weight is 339 g/mol. The van der Waals surface area contributed by atoms with Gasteiger partial charge in [-0.1, -0.05) is 55.2 Å². The lowest BCUT2D eigenvalue weighted by Crippen LogP contribution is -2.20. The fourth-order valence-corrected chi connectivity index (χ4v) is 7.10. The van der Waals surface area contributed by atoms with Gasteiger partial charge in [-0.2, -0.15) is 0 Å². The summed E-state index contributed by atoms with van der Waals surface area (Å²) in [7, 11) is 1.24. The third-order valence-corrected chi connectivity index (χ3v) is 8.59. The zero-order valence-corrected chi connectivity index (χ0v) is 15.2. The van der Waals surface area contributed by atoms with Crippen LogP contribution < -0.4 is 0 Å². The molecule has 1 aromatic rings. The normalized spacial score (nSPS) is 22.3. The number of hydrogen-bond acceptors (Lipinski definition) is 1. The molecule has 2 rings (SSSR count). The minimum atomic E-state index is -0.791. The van der Waals surface area contributed by atoms with E-state index in [4.69, 9.17) is 4.74 Å². The van der Waals surface area contributed by atoms with Crippen molar-refractivity contribution in [2.45, 2.75) is 56.2 Å². The summed E-state index contributed by atoms with van der Waals surface area (Å²) >= 11 is 0. The van der Waals surface area contributed by atoms with E-state index in [2.05, 4.69) is 0 Å². The number of benzene rings is 1. The van der Waals surface area contributed by atoms with E-state index in [1.54, 1.807) is 19.2 Å². The van der Waals surface area contributed by atoms with Crippen molar-refractivity contribution >= 4 is 14.6 Å². The lowest BCUT2D eigenvalue weighted by Gasteiger charge is -2.28. The SMILES string of the molecule is COCCCCC[SiH]1CCC(c2ccc(/C(F)=C/F)cc2)CC1. The molecule has 0 N–H and O–H groups in total. The van der Waals surface area contributed by atoms with E-state index < -0.39 is 14.6 Å². The highest BCUT2D eigenvalue weighted by Gasteiger charge is 2.23. The predicted molar refractivity (Wildman–Crippen MR) is 95.9 cm³/mol. The van der Waals surface area contributed by atoms with Crippen molar-refractivity contribution in [1.82, 2.24) is 0 Å². The van der Waals surface area contributed by atoms with E-state index in [-0.39, 0.29) is 6.33 Å². The molecule has 23 heavy (non-hydrogen) atoms. The molecular formula is C19H28F2OSi. The number of methoxy groups -OCH3 is 1. The molecule has 128 valence electrons. The first-order valence-corrected chi connectivity index (χ1v) is 11.2. The van der Waals surface area contributed by atoms with E-state index in [0.29, 0.717) is 11.5 Å². The molecule has 0 saturated carbocycles. The van der Waals surface area contributed by atoms with Crippen molar-refractivity contribution < 1.29 is 13.5 Å². The highest BCUT2D eigenvalue weighted by Crippen LogP contribution is 2.35. The van der Waals surface area contributed by atoms with Gasteiger partial charge in [0.2, 0.25) is 0 Å². The molecule has 4 heteroatoms. The van der Waals surface area contributed by atoms with E-state index in [1.807, 2.05) is 12.1 Å². The maximum absolute atomic E-state index is 13.2. The van der Waals surface area contributed by atoms with Gasteiger partial charge in [0.15, 0.2) is 5.83 Å². The van der Waals surface area contributed by atoms with Crippen LogP contribution in [0.1, 0.15) is 49.1 Å². The summed E-state index contributed by atoms with van der Waals surface area (Å²) in [5.74, 6) is -0.181. The van der Waals surface area contributed by atoms with Gasteiger partial charge in [0.05, 0.1) is 0 Å². The Morgan fingerprint density at radius 3 is 2.48 bits per heavy atom. The Balaban J connectivity index is 1.73. The van der Waals surface area contributed by atoms with Crippen LogP contribution in [0, 0.1) is 0 Å². The fourth-order valence-electron chi connectivity index (χ4n) is 3.62. The number of rotatable bonds is 8. The Bertz CT molecular complexity index is 479. The fraction of sp³-hybridized carbons (Fsp3) is 0.579. The molecular weight excluding hydrogens is 310 g/mol. The second kappa shape index (κ2) is 9.99. The summed E-state index contributed by atoms with van der Waals surface area (Å²) in [6, 6.07) is 11.7. The first-order chi connectivity index (χ1) is 11.2. The van der Waals surface area contributed by atoms with Crippen LogP contribution in [0.15, 0.2) is 30.6 Å². The molecule has 1 fully saturated rings. The van der Waals surface area contributed by atoms with E-state index in [1.165, 1.54) is 55.8 Å². The monoisotopic (exact) mass is 338 g/mol. The maximum atomic E-state index is 13.2. The minimum Gasteiger partial charge on any atom is -0.385 e. The summed E-state index contributed by atoms with van der Waals surface area (Å²) in [6.07, 6.45) is 6.44. The van der Waals surface area contributed by atoms with Gasteiger partial charge >= 0.3 is 0 Å². The molecule has 1 aromatic carbocycles. The number of ether oxygens (including phenoxy) is 1. The molecule has 0 spiro atoms. The molecule has 0 bridgehead atoms. The molecule has 1 aliphatic rings. The van der Waals surface area contributed by atoms with Gasteiger partial charge in [0, 0.05) is 28.1 Å². The molecule has 0 atom stereocenters. The lowest BCUT2D eigenvalue weighted by molar-refractivity contribution is 0.192. The van der Waals surface area contributed by atoms with Gasteiger partial charge in [-0.25, -0.2) is 8.78 Å². The first kappa shape index (κ1) is 18.3. The van der Waals surface area contributed by atoms with Crippen LogP contribution in [0.4, 0.5) is 8.78 Å². The molecule has 0 amide bonds. The molecule has 0 aromatic heterocycles. The lowest BCUT2D eigenvalue weighted by atomic mass is 9.93. The zero-order chi connectivity index (χ0) is 16.5. The summed E-state index contributed by atoms with van der Waals surface area (Å²) in [6.45, 7) is 0.891. The standard InChI is InChI=1S/C19H28F2OSi/c1-22-11-3-2-4-12-23-13-9-17(10-14-23)16-5-7-18(8-6-16)19(21)15-20/h5-8,15,17,23H,2-4,9-14H2,1H3/b19-15-. The van der Waals surface area contributed by atoms with E-state index in [0.717, 1.165) is 6.61 Å². The Morgan fingerprint density at radius 2 is 1.87 bits per heavy atom. The van der Waals surface area contributed by atoms with Crippen LogP contribution in [-0.2, 0) is 4.74 Å². The van der Waals surface area contributed by atoms with Crippen molar-refractivity contribution in [2.24, 2.45) is 0 Å². The average Bonchev–Trinajstić information content (AvgIpc) is 2.61. The van der Waals surface area contributed by atoms with Crippen molar-refractivity contribution in [3.05, 3.63) is 41.7 Å². The topological polar surface area (TPSA) is 9.23 Å². The van der Waals surface area contributed by atoms with Gasteiger partial charge in [-0.15, -0.1) is 0 Å².